The molecule has 0 aliphatic carbocycles. The van der Waals surface area contributed by atoms with Gasteiger partial charge < -0.3 is 5.32 Å². The fraction of sp³-hybridized carbons (Fsp3) is 0. The molecule has 3 rings (SSSR count). The summed E-state index contributed by atoms with van der Waals surface area (Å²) in [7, 11) is 0. The summed E-state index contributed by atoms with van der Waals surface area (Å²) in [6, 6.07) is 8.73. The summed E-state index contributed by atoms with van der Waals surface area (Å²) in [5, 5.41) is 32.2. The first-order valence-corrected chi connectivity index (χ1v) is 6.17. The molecular weight excluding hydrogens is 290 g/mol. The number of H-pyrrole nitrogens is 1. The molecule has 2 aromatic carbocycles. The van der Waals surface area contributed by atoms with Gasteiger partial charge in [-0.05, 0) is 24.3 Å². The maximum absolute atomic E-state index is 11.1. The Morgan fingerprint density at radius 2 is 1.86 bits per heavy atom. The van der Waals surface area contributed by atoms with E-state index in [0.717, 1.165) is 17.0 Å². The second kappa shape index (κ2) is 5.13. The van der Waals surface area contributed by atoms with E-state index < -0.39 is 9.85 Å². The molecule has 9 heteroatoms. The SMILES string of the molecule is O=[N+]([O-])c1ccc(Nc2ccc3[nH]ncc3c2)c([N+](=O)[O-])c1. The number of nitrogens with one attached hydrogen (secondary N) is 2. The summed E-state index contributed by atoms with van der Waals surface area (Å²) in [5.41, 5.74) is 0.942. The second-order valence-electron chi connectivity index (χ2n) is 4.51. The molecule has 0 radical (unpaired) electrons. The van der Waals surface area contributed by atoms with Gasteiger partial charge in [-0.3, -0.25) is 25.3 Å². The minimum absolute atomic E-state index is 0.179. The zero-order valence-electron chi connectivity index (χ0n) is 11.0. The smallest absolute Gasteiger partial charge is 0.299 e. The Balaban J connectivity index is 2.00. The summed E-state index contributed by atoms with van der Waals surface area (Å²) < 4.78 is 0. The molecule has 22 heavy (non-hydrogen) atoms. The van der Waals surface area contributed by atoms with E-state index in [1.54, 1.807) is 24.4 Å². The third-order valence-electron chi connectivity index (χ3n) is 3.11. The molecule has 110 valence electrons. The van der Waals surface area contributed by atoms with Crippen molar-refractivity contribution in [3.8, 4) is 0 Å². The Kier molecular flexibility index (Phi) is 3.14. The van der Waals surface area contributed by atoms with Gasteiger partial charge in [-0.1, -0.05) is 0 Å². The topological polar surface area (TPSA) is 127 Å². The third-order valence-corrected chi connectivity index (χ3v) is 3.11. The van der Waals surface area contributed by atoms with E-state index in [9.17, 15) is 20.2 Å². The zero-order chi connectivity index (χ0) is 15.7. The van der Waals surface area contributed by atoms with Crippen LogP contribution in [-0.4, -0.2) is 20.0 Å². The molecule has 1 aromatic heterocycles. The average molecular weight is 299 g/mol. The number of benzene rings is 2. The monoisotopic (exact) mass is 299 g/mol. The van der Waals surface area contributed by atoms with Crippen molar-refractivity contribution in [2.45, 2.75) is 0 Å². The first-order valence-electron chi connectivity index (χ1n) is 6.17. The average Bonchev–Trinajstić information content (AvgIpc) is 2.94. The van der Waals surface area contributed by atoms with Crippen LogP contribution in [0.3, 0.4) is 0 Å². The molecule has 1 heterocycles. The Hall–Kier alpha value is -3.49. The van der Waals surface area contributed by atoms with Gasteiger partial charge in [-0.2, -0.15) is 5.10 Å². The van der Waals surface area contributed by atoms with Gasteiger partial charge in [0.1, 0.15) is 5.69 Å². The molecule has 0 spiro atoms. The number of hydrogen-bond acceptors (Lipinski definition) is 6. The quantitative estimate of drug-likeness (QED) is 0.562. The number of fused-ring (bicyclic) bond motifs is 1. The van der Waals surface area contributed by atoms with E-state index in [-0.39, 0.29) is 17.1 Å². The fourth-order valence-corrected chi connectivity index (χ4v) is 2.07. The first kappa shape index (κ1) is 13.5. The Morgan fingerprint density at radius 1 is 1.05 bits per heavy atom. The molecule has 0 saturated heterocycles. The lowest BCUT2D eigenvalue weighted by molar-refractivity contribution is -0.393. The normalized spacial score (nSPS) is 10.5. The number of nitrogens with zero attached hydrogens (tertiary/aromatic N) is 3. The molecule has 0 unspecified atom stereocenters. The lowest BCUT2D eigenvalue weighted by Crippen LogP contribution is -1.98. The lowest BCUT2D eigenvalue weighted by atomic mass is 10.2. The number of aromatic nitrogens is 2. The van der Waals surface area contributed by atoms with Crippen LogP contribution >= 0.6 is 0 Å². The Labute approximate surface area is 122 Å². The standard InChI is InChI=1S/C13H9N5O4/c19-17(20)10-2-4-12(13(6-10)18(21)22)15-9-1-3-11-8(5-9)7-14-16-11/h1-7,15H,(H,14,16). The summed E-state index contributed by atoms with van der Waals surface area (Å²) in [5.74, 6) is 0. The van der Waals surface area contributed by atoms with Gasteiger partial charge in [-0.25, -0.2) is 0 Å². The van der Waals surface area contributed by atoms with Crippen LogP contribution in [0.2, 0.25) is 0 Å². The van der Waals surface area contributed by atoms with Crippen molar-refractivity contribution in [2.75, 3.05) is 5.32 Å². The highest BCUT2D eigenvalue weighted by Gasteiger charge is 2.19. The number of nitro groups is 2. The van der Waals surface area contributed by atoms with Crippen molar-refractivity contribution < 1.29 is 9.85 Å². The third kappa shape index (κ3) is 2.42. The maximum atomic E-state index is 11.1. The molecule has 0 bridgehead atoms. The fourth-order valence-electron chi connectivity index (χ4n) is 2.07. The van der Waals surface area contributed by atoms with Gasteiger partial charge >= 0.3 is 0 Å². The molecule has 9 nitrogen and oxygen atoms in total. The number of nitro benzene ring substituents is 2. The van der Waals surface area contributed by atoms with Gasteiger partial charge in [0, 0.05) is 17.1 Å². The van der Waals surface area contributed by atoms with Crippen molar-refractivity contribution in [3.63, 3.8) is 0 Å². The molecule has 0 aliphatic heterocycles. The van der Waals surface area contributed by atoms with Gasteiger partial charge in [-0.15, -0.1) is 0 Å². The van der Waals surface area contributed by atoms with Gasteiger partial charge in [0.05, 0.1) is 27.6 Å². The van der Waals surface area contributed by atoms with Gasteiger partial charge in [0.15, 0.2) is 0 Å². The number of aromatic amines is 1. The molecule has 0 amide bonds. The largest absolute Gasteiger partial charge is 0.350 e. The first-order chi connectivity index (χ1) is 10.5. The van der Waals surface area contributed by atoms with Crippen LogP contribution in [0.4, 0.5) is 22.7 Å². The van der Waals surface area contributed by atoms with Crippen molar-refractivity contribution in [1.29, 1.82) is 0 Å². The van der Waals surface area contributed by atoms with Gasteiger partial charge in [0.2, 0.25) is 0 Å². The summed E-state index contributed by atoms with van der Waals surface area (Å²) in [6.07, 6.45) is 1.63. The van der Waals surface area contributed by atoms with E-state index in [0.29, 0.717) is 5.69 Å². The van der Waals surface area contributed by atoms with Crippen LogP contribution in [0.15, 0.2) is 42.6 Å². The van der Waals surface area contributed by atoms with Crippen molar-refractivity contribution in [3.05, 3.63) is 62.8 Å². The maximum Gasteiger partial charge on any atom is 0.299 e. The summed E-state index contributed by atoms with van der Waals surface area (Å²) in [6.45, 7) is 0. The molecular formula is C13H9N5O4. The summed E-state index contributed by atoms with van der Waals surface area (Å²) in [4.78, 5) is 20.5. The van der Waals surface area contributed by atoms with Crippen LogP contribution in [0, 0.1) is 20.2 Å². The highest BCUT2D eigenvalue weighted by atomic mass is 16.6. The van der Waals surface area contributed by atoms with E-state index >= 15 is 0 Å². The Bertz CT molecular complexity index is 889. The molecule has 0 aliphatic rings. The van der Waals surface area contributed by atoms with Crippen LogP contribution < -0.4 is 5.32 Å². The van der Waals surface area contributed by atoms with Crippen LogP contribution in [0.1, 0.15) is 0 Å². The second-order valence-corrected chi connectivity index (χ2v) is 4.51. The number of hydrogen-bond donors (Lipinski definition) is 2. The van der Waals surface area contributed by atoms with Crippen LogP contribution in [0.25, 0.3) is 10.9 Å². The summed E-state index contributed by atoms with van der Waals surface area (Å²) >= 11 is 0. The van der Waals surface area contributed by atoms with Crippen LogP contribution in [-0.2, 0) is 0 Å². The molecule has 2 N–H and O–H groups in total. The van der Waals surface area contributed by atoms with Crippen molar-refractivity contribution in [1.82, 2.24) is 10.2 Å². The highest BCUT2D eigenvalue weighted by Crippen LogP contribution is 2.31. The Morgan fingerprint density at radius 3 is 2.59 bits per heavy atom. The predicted molar refractivity (Wildman–Crippen MR) is 79.1 cm³/mol. The minimum atomic E-state index is -0.672. The van der Waals surface area contributed by atoms with Crippen molar-refractivity contribution in [2.24, 2.45) is 0 Å². The molecule has 3 aromatic rings. The lowest BCUT2D eigenvalue weighted by Gasteiger charge is -2.07. The van der Waals surface area contributed by atoms with E-state index in [4.69, 9.17) is 0 Å². The number of anilines is 2. The van der Waals surface area contributed by atoms with E-state index in [1.165, 1.54) is 12.1 Å². The van der Waals surface area contributed by atoms with Crippen LogP contribution in [0.5, 0.6) is 0 Å². The zero-order valence-corrected chi connectivity index (χ0v) is 11.0. The number of non-ortho nitro benzene ring substituents is 1. The molecule has 0 saturated carbocycles. The highest BCUT2D eigenvalue weighted by molar-refractivity contribution is 5.84. The number of rotatable bonds is 4. The molecule has 0 atom stereocenters. The minimum Gasteiger partial charge on any atom is -0.350 e. The predicted octanol–water partition coefficient (Wildman–Crippen LogP) is 3.12. The van der Waals surface area contributed by atoms with E-state index in [1.807, 2.05) is 0 Å². The van der Waals surface area contributed by atoms with Gasteiger partial charge in [0.25, 0.3) is 11.4 Å². The molecule has 0 fully saturated rings. The van der Waals surface area contributed by atoms with Crippen molar-refractivity contribution >= 4 is 33.7 Å². The van der Waals surface area contributed by atoms with E-state index in [2.05, 4.69) is 15.5 Å².